The van der Waals surface area contributed by atoms with E-state index in [0.717, 1.165) is 5.56 Å². The third-order valence-electron chi connectivity index (χ3n) is 3.53. The summed E-state index contributed by atoms with van der Waals surface area (Å²) in [4.78, 5) is 16.8. The Hall–Kier alpha value is -2.34. The minimum Gasteiger partial charge on any atom is -0.494 e. The molecule has 0 N–H and O–H groups in total. The normalized spacial score (nSPS) is 10.9. The predicted octanol–water partition coefficient (Wildman–Crippen LogP) is 3.37. The van der Waals surface area contributed by atoms with E-state index < -0.39 is 5.82 Å². The van der Waals surface area contributed by atoms with Gasteiger partial charge in [0.1, 0.15) is 0 Å². The van der Waals surface area contributed by atoms with Gasteiger partial charge in [-0.05, 0) is 29.8 Å². The van der Waals surface area contributed by atoms with Gasteiger partial charge in [-0.2, -0.15) is 0 Å². The lowest BCUT2D eigenvalue weighted by atomic mass is 10.2. The van der Waals surface area contributed by atoms with Crippen LogP contribution in [0.4, 0.5) is 4.39 Å². The number of halogens is 1. The Labute approximate surface area is 136 Å². The summed E-state index contributed by atoms with van der Waals surface area (Å²) < 4.78 is 20.1. The second-order valence-corrected chi connectivity index (χ2v) is 5.98. The molecule has 0 aliphatic heterocycles. The molecule has 0 fully saturated rings. The van der Waals surface area contributed by atoms with Gasteiger partial charge in [-0.1, -0.05) is 30.0 Å². The molecule has 0 aliphatic carbocycles. The quantitative estimate of drug-likeness (QED) is 0.543. The van der Waals surface area contributed by atoms with Crippen molar-refractivity contribution >= 4 is 22.7 Å². The van der Waals surface area contributed by atoms with Gasteiger partial charge in [-0.3, -0.25) is 9.36 Å². The summed E-state index contributed by atoms with van der Waals surface area (Å²) in [6.45, 7) is 0. The average Bonchev–Trinajstić information content (AvgIpc) is 2.57. The highest BCUT2D eigenvalue weighted by Crippen LogP contribution is 2.24. The fourth-order valence-electron chi connectivity index (χ4n) is 2.27. The first-order chi connectivity index (χ1) is 11.1. The van der Waals surface area contributed by atoms with Gasteiger partial charge in [0.05, 0.1) is 18.0 Å². The smallest absolute Gasteiger partial charge is 0.261 e. The Balaban J connectivity index is 1.89. The number of nitrogens with zero attached hydrogens (tertiary/aromatic N) is 2. The number of hydrogen-bond acceptors (Lipinski definition) is 4. The highest BCUT2D eigenvalue weighted by molar-refractivity contribution is 7.98. The number of fused-ring (bicyclic) bond motifs is 1. The van der Waals surface area contributed by atoms with E-state index in [4.69, 9.17) is 4.74 Å². The van der Waals surface area contributed by atoms with Crippen LogP contribution in [0.2, 0.25) is 0 Å². The molecule has 0 bridgehead atoms. The van der Waals surface area contributed by atoms with E-state index in [-0.39, 0.29) is 11.3 Å². The maximum absolute atomic E-state index is 13.7. The molecule has 118 valence electrons. The molecule has 4 nitrogen and oxygen atoms in total. The molecular weight excluding hydrogens is 315 g/mol. The SMILES string of the molecule is COc1ccc(CSc2nc3ccccc3c(=O)n2C)cc1F. The molecule has 0 aliphatic rings. The number of hydrogen-bond donors (Lipinski definition) is 0. The molecule has 3 rings (SSSR count). The third-order valence-corrected chi connectivity index (χ3v) is 4.63. The van der Waals surface area contributed by atoms with E-state index in [1.54, 1.807) is 25.2 Å². The number of para-hydroxylation sites is 1. The summed E-state index contributed by atoms with van der Waals surface area (Å²) in [6.07, 6.45) is 0. The number of thioether (sulfide) groups is 1. The van der Waals surface area contributed by atoms with Crippen molar-refractivity contribution in [1.29, 1.82) is 0 Å². The summed E-state index contributed by atoms with van der Waals surface area (Å²) >= 11 is 1.40. The number of aromatic nitrogens is 2. The highest BCUT2D eigenvalue weighted by atomic mass is 32.2. The van der Waals surface area contributed by atoms with Gasteiger partial charge in [-0.25, -0.2) is 9.37 Å². The summed E-state index contributed by atoms with van der Waals surface area (Å²) in [5.74, 6) is 0.334. The predicted molar refractivity (Wildman–Crippen MR) is 89.5 cm³/mol. The largest absolute Gasteiger partial charge is 0.494 e. The molecule has 23 heavy (non-hydrogen) atoms. The molecule has 0 spiro atoms. The first-order valence-corrected chi connectivity index (χ1v) is 7.99. The topological polar surface area (TPSA) is 44.1 Å². The Morgan fingerprint density at radius 1 is 1.26 bits per heavy atom. The third kappa shape index (κ3) is 3.07. The Bertz CT molecular complexity index is 924. The number of ether oxygens (including phenoxy) is 1. The van der Waals surface area contributed by atoms with Crippen LogP contribution in [0.25, 0.3) is 10.9 Å². The van der Waals surface area contributed by atoms with Gasteiger partial charge in [-0.15, -0.1) is 0 Å². The van der Waals surface area contributed by atoms with E-state index in [1.165, 1.54) is 29.5 Å². The molecule has 2 aromatic carbocycles. The lowest BCUT2D eigenvalue weighted by Gasteiger charge is -2.09. The van der Waals surface area contributed by atoms with Crippen molar-refractivity contribution < 1.29 is 9.13 Å². The van der Waals surface area contributed by atoms with E-state index in [1.807, 2.05) is 18.2 Å². The standard InChI is InChI=1S/C17H15FN2O2S/c1-20-16(21)12-5-3-4-6-14(12)19-17(20)23-10-11-7-8-15(22-2)13(18)9-11/h3-9H,10H2,1-2H3. The lowest BCUT2D eigenvalue weighted by molar-refractivity contribution is 0.386. The van der Waals surface area contributed by atoms with Gasteiger partial charge in [0.25, 0.3) is 5.56 Å². The molecule has 0 radical (unpaired) electrons. The fraction of sp³-hybridized carbons (Fsp3) is 0.176. The Kier molecular flexibility index (Phi) is 4.34. The van der Waals surface area contributed by atoms with Crippen LogP contribution < -0.4 is 10.3 Å². The molecule has 0 saturated carbocycles. The molecule has 1 aromatic heterocycles. The maximum Gasteiger partial charge on any atom is 0.261 e. The van der Waals surface area contributed by atoms with Crippen molar-refractivity contribution in [3.63, 3.8) is 0 Å². The van der Waals surface area contributed by atoms with Crippen molar-refractivity contribution in [3.8, 4) is 5.75 Å². The van der Waals surface area contributed by atoms with Crippen molar-refractivity contribution in [2.75, 3.05) is 7.11 Å². The van der Waals surface area contributed by atoms with Gasteiger partial charge in [0, 0.05) is 12.8 Å². The maximum atomic E-state index is 13.7. The van der Waals surface area contributed by atoms with Crippen LogP contribution in [0.15, 0.2) is 52.4 Å². The number of methoxy groups -OCH3 is 1. The summed E-state index contributed by atoms with van der Waals surface area (Å²) in [7, 11) is 3.13. The van der Waals surface area contributed by atoms with Crippen molar-refractivity contribution in [2.24, 2.45) is 7.05 Å². The van der Waals surface area contributed by atoms with Gasteiger partial charge in [0.15, 0.2) is 16.7 Å². The molecule has 3 aromatic rings. The van der Waals surface area contributed by atoms with Crippen LogP contribution >= 0.6 is 11.8 Å². The number of benzene rings is 2. The van der Waals surface area contributed by atoms with Gasteiger partial charge >= 0.3 is 0 Å². The second kappa shape index (κ2) is 6.42. The molecule has 0 unspecified atom stereocenters. The van der Waals surface area contributed by atoms with Crippen LogP contribution in [-0.4, -0.2) is 16.7 Å². The molecule has 6 heteroatoms. The lowest BCUT2D eigenvalue weighted by Crippen LogP contribution is -2.19. The van der Waals surface area contributed by atoms with Crippen LogP contribution in [0.1, 0.15) is 5.56 Å². The summed E-state index contributed by atoms with van der Waals surface area (Å²) in [5, 5.41) is 1.19. The molecule has 1 heterocycles. The van der Waals surface area contributed by atoms with Crippen molar-refractivity contribution in [2.45, 2.75) is 10.9 Å². The number of rotatable bonds is 4. The Morgan fingerprint density at radius 3 is 2.78 bits per heavy atom. The zero-order valence-corrected chi connectivity index (χ0v) is 13.6. The summed E-state index contributed by atoms with van der Waals surface area (Å²) in [6, 6.07) is 12.1. The van der Waals surface area contributed by atoms with Crippen LogP contribution in [0.3, 0.4) is 0 Å². The monoisotopic (exact) mass is 330 g/mol. The first-order valence-electron chi connectivity index (χ1n) is 7.01. The summed E-state index contributed by atoms with van der Waals surface area (Å²) in [5.41, 5.74) is 1.38. The molecule has 0 amide bonds. The van der Waals surface area contributed by atoms with Crippen molar-refractivity contribution in [3.05, 3.63) is 64.2 Å². The van der Waals surface area contributed by atoms with Crippen LogP contribution in [-0.2, 0) is 12.8 Å². The van der Waals surface area contributed by atoms with Gasteiger partial charge in [0.2, 0.25) is 0 Å². The first kappa shape index (κ1) is 15.6. The zero-order valence-electron chi connectivity index (χ0n) is 12.7. The zero-order chi connectivity index (χ0) is 16.4. The van der Waals surface area contributed by atoms with E-state index in [2.05, 4.69) is 4.98 Å². The average molecular weight is 330 g/mol. The molecule has 0 saturated heterocycles. The van der Waals surface area contributed by atoms with E-state index in [0.29, 0.717) is 21.8 Å². The van der Waals surface area contributed by atoms with Crippen molar-refractivity contribution in [1.82, 2.24) is 9.55 Å². The molecule has 0 atom stereocenters. The molecular formula is C17H15FN2O2S. The Morgan fingerprint density at radius 2 is 2.04 bits per heavy atom. The minimum atomic E-state index is -0.397. The van der Waals surface area contributed by atoms with E-state index >= 15 is 0 Å². The second-order valence-electron chi connectivity index (χ2n) is 5.03. The van der Waals surface area contributed by atoms with Crippen LogP contribution in [0.5, 0.6) is 5.75 Å². The highest BCUT2D eigenvalue weighted by Gasteiger charge is 2.09. The van der Waals surface area contributed by atoms with E-state index in [9.17, 15) is 9.18 Å². The fourth-order valence-corrected chi connectivity index (χ4v) is 3.19. The van der Waals surface area contributed by atoms with Crippen LogP contribution in [0, 0.1) is 5.82 Å². The van der Waals surface area contributed by atoms with Gasteiger partial charge < -0.3 is 4.74 Å². The minimum absolute atomic E-state index is 0.0842.